The summed E-state index contributed by atoms with van der Waals surface area (Å²) in [6, 6.07) is 0. The molecule has 8 atom stereocenters. The zero-order valence-electron chi connectivity index (χ0n) is 23.5. The third-order valence-corrected chi connectivity index (χ3v) is 10.6. The molecule has 4 rings (SSSR count). The summed E-state index contributed by atoms with van der Waals surface area (Å²) in [7, 11) is -5.25. The molecule has 13 heteroatoms. The van der Waals surface area contributed by atoms with Crippen LogP contribution >= 0.6 is 7.82 Å². The molecule has 4 aliphatic carbocycles. The number of rotatable bonds is 8. The second-order valence-corrected chi connectivity index (χ2v) is 13.2. The molecule has 0 bridgehead atoms. The van der Waals surface area contributed by atoms with E-state index in [1.165, 1.54) is 18.2 Å². The summed E-state index contributed by atoms with van der Waals surface area (Å²) < 4.78 is 46.5. The second kappa shape index (κ2) is 11.7. The van der Waals surface area contributed by atoms with Gasteiger partial charge in [0.1, 0.15) is 6.10 Å². The summed E-state index contributed by atoms with van der Waals surface area (Å²) in [6.07, 6.45) is 2.82. The number of allylic oxidation sites excluding steroid dienone is 4. The fraction of sp³-hybridized carbons (Fsp3) is 0.714. The Bertz CT molecular complexity index is 1230. The molecule has 4 aliphatic rings. The van der Waals surface area contributed by atoms with E-state index < -0.39 is 78.1 Å². The molecule has 2 N–H and O–H groups in total. The van der Waals surface area contributed by atoms with Crippen LogP contribution in [0.5, 0.6) is 0 Å². The van der Waals surface area contributed by atoms with Gasteiger partial charge in [-0.25, -0.2) is 8.96 Å². The maximum absolute atomic E-state index is 17.9. The fourth-order valence-electron chi connectivity index (χ4n) is 8.25. The maximum atomic E-state index is 17.9. The molecule has 0 heterocycles. The third kappa shape index (κ3) is 5.28. The van der Waals surface area contributed by atoms with Gasteiger partial charge in [0.15, 0.2) is 23.7 Å². The number of carbonyl (C=O) groups is 4. The van der Waals surface area contributed by atoms with E-state index in [0.717, 1.165) is 0 Å². The van der Waals surface area contributed by atoms with Gasteiger partial charge in [0.2, 0.25) is 5.78 Å². The van der Waals surface area contributed by atoms with Crippen molar-refractivity contribution in [1.29, 1.82) is 0 Å². The Morgan fingerprint density at radius 3 is 2.34 bits per heavy atom. The fourth-order valence-corrected chi connectivity index (χ4v) is 8.81. The van der Waals surface area contributed by atoms with Crippen LogP contribution in [0.2, 0.25) is 0 Å². The Balaban J connectivity index is 0.00000462. The number of phosphoric ester groups is 1. The first-order valence-electron chi connectivity index (χ1n) is 13.8. The molecule has 0 radical (unpaired) electrons. The molecule has 3 fully saturated rings. The minimum atomic E-state index is -5.25. The number of ketones is 2. The molecule has 3 saturated carbocycles. The number of fused-ring (bicyclic) bond motifs is 5. The molecular formula is C28H39FNaO10P. The first kappa shape index (κ1) is 34.3. The number of esters is 2. The Labute approximate surface area is 261 Å². The molecule has 0 aromatic carbocycles. The van der Waals surface area contributed by atoms with Crippen molar-refractivity contribution in [1.82, 2.24) is 0 Å². The van der Waals surface area contributed by atoms with E-state index >= 15 is 4.39 Å². The summed E-state index contributed by atoms with van der Waals surface area (Å²) in [4.78, 5) is 70.6. The number of Topliss-reactive ketones (excluding diaryl/α,β-unsaturated/α-hetero) is 1. The van der Waals surface area contributed by atoms with Crippen molar-refractivity contribution in [2.24, 2.45) is 28.6 Å². The Morgan fingerprint density at radius 1 is 1.12 bits per heavy atom. The summed E-state index contributed by atoms with van der Waals surface area (Å²) in [5.74, 6) is -4.32. The van der Waals surface area contributed by atoms with Crippen molar-refractivity contribution in [2.75, 3.05) is 6.61 Å². The first-order valence-corrected chi connectivity index (χ1v) is 15.3. The number of halogens is 1. The van der Waals surface area contributed by atoms with Gasteiger partial charge in [-0.3, -0.25) is 23.7 Å². The number of carbonyl (C=O) groups excluding carboxylic acids is 4. The predicted molar refractivity (Wildman–Crippen MR) is 146 cm³/mol. The van der Waals surface area contributed by atoms with Crippen molar-refractivity contribution >= 4 is 60.9 Å². The number of hydrogen-bond acceptors (Lipinski definition) is 8. The average molecular weight is 609 g/mol. The van der Waals surface area contributed by atoms with E-state index in [2.05, 4.69) is 0 Å². The molecule has 0 amide bonds. The molecule has 0 spiro atoms. The van der Waals surface area contributed by atoms with Crippen LogP contribution < -0.4 is 0 Å². The minimum absolute atomic E-state index is 0. The van der Waals surface area contributed by atoms with Gasteiger partial charge in [-0.1, -0.05) is 39.3 Å². The van der Waals surface area contributed by atoms with E-state index in [4.69, 9.17) is 14.0 Å². The monoisotopic (exact) mass is 608 g/mol. The van der Waals surface area contributed by atoms with E-state index in [0.29, 0.717) is 12.0 Å². The summed E-state index contributed by atoms with van der Waals surface area (Å²) in [5, 5.41) is 0. The Hall–Kier alpha value is -1.20. The van der Waals surface area contributed by atoms with Gasteiger partial charge in [0.05, 0.1) is 0 Å². The van der Waals surface area contributed by atoms with Crippen molar-refractivity contribution in [3.63, 3.8) is 0 Å². The number of alkyl halides is 1. The third-order valence-electron chi connectivity index (χ3n) is 10.1. The van der Waals surface area contributed by atoms with Crippen LogP contribution in [0, 0.1) is 28.6 Å². The normalized spacial score (nSPS) is 39.4. The van der Waals surface area contributed by atoms with Gasteiger partial charge < -0.3 is 19.3 Å². The molecule has 0 aromatic rings. The molecule has 0 saturated heterocycles. The van der Waals surface area contributed by atoms with Crippen LogP contribution in [0.3, 0.4) is 0 Å². The number of phosphoric acid groups is 1. The van der Waals surface area contributed by atoms with E-state index in [1.54, 1.807) is 34.6 Å². The molecular weight excluding hydrogens is 569 g/mol. The van der Waals surface area contributed by atoms with Crippen molar-refractivity contribution in [3.05, 3.63) is 23.8 Å². The quantitative estimate of drug-likeness (QED) is 0.238. The van der Waals surface area contributed by atoms with Crippen LogP contribution in [-0.2, 0) is 37.7 Å². The SMILES string of the molecule is CCC(=O)OCC(=O)[C@@]1(OC(=O)CC)[C@@H](C)C[C@H]2[C@@H]3CCC4=CC(=O)C=C[C@]4(C)C3(F)[C@@H](OP(=O)(O)O)C[C@@]21C.[NaH]. The summed E-state index contributed by atoms with van der Waals surface area (Å²) >= 11 is 0. The number of ether oxygens (including phenoxy) is 2. The van der Waals surface area contributed by atoms with Crippen LogP contribution in [0.4, 0.5) is 4.39 Å². The van der Waals surface area contributed by atoms with Gasteiger partial charge in [-0.15, -0.1) is 0 Å². The van der Waals surface area contributed by atoms with Crippen LogP contribution in [0.15, 0.2) is 23.8 Å². The standard InChI is InChI=1S/C28H38FO10P.Na.H/c1-6-23(32)37-15-21(31)28(38-24(33)7-2)16(3)12-20-19-9-8-17-13-18(30)10-11-25(17,4)27(19,29)22(14-26(20,28)5)39-40(34,35)36;;/h10-11,13,16,19-20,22H,6-9,12,14-15H2,1-5H3,(H2,34,35,36);;/t16-,19-,20-,22-,25-,26-,27?,28-;;/m0../s1. The van der Waals surface area contributed by atoms with E-state index in [1.807, 2.05) is 0 Å². The summed E-state index contributed by atoms with van der Waals surface area (Å²) in [5.41, 5.74) is -6.42. The zero-order chi connectivity index (χ0) is 29.9. The summed E-state index contributed by atoms with van der Waals surface area (Å²) in [6.45, 7) is 7.47. The Morgan fingerprint density at radius 2 is 1.76 bits per heavy atom. The van der Waals surface area contributed by atoms with Gasteiger partial charge in [0, 0.05) is 35.5 Å². The Kier molecular flexibility index (Phi) is 9.80. The molecule has 224 valence electrons. The van der Waals surface area contributed by atoms with Crippen molar-refractivity contribution in [3.8, 4) is 0 Å². The van der Waals surface area contributed by atoms with E-state index in [9.17, 15) is 33.5 Å². The van der Waals surface area contributed by atoms with Crippen LogP contribution in [-0.4, -0.2) is 86.8 Å². The van der Waals surface area contributed by atoms with Crippen LogP contribution in [0.1, 0.15) is 73.1 Å². The second-order valence-electron chi connectivity index (χ2n) is 12.0. The topological polar surface area (TPSA) is 154 Å². The van der Waals surface area contributed by atoms with Crippen molar-refractivity contribution < 1.29 is 51.9 Å². The van der Waals surface area contributed by atoms with Gasteiger partial charge >= 0.3 is 49.3 Å². The van der Waals surface area contributed by atoms with Gasteiger partial charge in [0.25, 0.3) is 0 Å². The number of hydrogen-bond donors (Lipinski definition) is 2. The molecule has 41 heavy (non-hydrogen) atoms. The van der Waals surface area contributed by atoms with Gasteiger partial charge in [-0.2, -0.15) is 0 Å². The van der Waals surface area contributed by atoms with Gasteiger partial charge in [-0.05, 0) is 50.7 Å². The molecule has 0 aliphatic heterocycles. The molecule has 1 unspecified atom stereocenters. The predicted octanol–water partition coefficient (Wildman–Crippen LogP) is 3.29. The van der Waals surface area contributed by atoms with Crippen molar-refractivity contribution in [2.45, 2.75) is 90.5 Å². The molecule has 10 nitrogen and oxygen atoms in total. The van der Waals surface area contributed by atoms with Crippen LogP contribution in [0.25, 0.3) is 0 Å². The van der Waals surface area contributed by atoms with E-state index in [-0.39, 0.29) is 67.4 Å². The first-order chi connectivity index (χ1) is 18.5. The zero-order valence-corrected chi connectivity index (χ0v) is 24.4. The molecule has 0 aromatic heterocycles. The average Bonchev–Trinajstić information content (AvgIpc) is 3.09.